The van der Waals surface area contributed by atoms with Gasteiger partial charge in [0.05, 0.1) is 15.4 Å². The van der Waals surface area contributed by atoms with Gasteiger partial charge in [0.2, 0.25) is 0 Å². The summed E-state index contributed by atoms with van der Waals surface area (Å²) in [5.74, 6) is 0. The largest absolute Gasteiger partial charge is 0.304 e. The molecule has 1 fully saturated rings. The van der Waals surface area contributed by atoms with Gasteiger partial charge >= 0.3 is 0 Å². The van der Waals surface area contributed by atoms with Crippen molar-refractivity contribution in [2.75, 3.05) is 33.2 Å². The Morgan fingerprint density at radius 2 is 1.71 bits per heavy atom. The lowest BCUT2D eigenvalue weighted by Gasteiger charge is -2.32. The average Bonchev–Trinajstić information content (AvgIpc) is 3.02. The normalized spacial score (nSPS) is 16.7. The number of nitrogens with zero attached hydrogens (tertiary/aromatic N) is 3. The standard InChI is InChI=1S/C21H24ClN3O2S/c1-16-13-18-6-4-8-20(22)21(18)25(16)28(26,27)19-7-3-5-17(14-19)15-24-11-9-23(2)10-12-24/h3-8,13-14H,9-12,15H2,1-2H3. The van der Waals surface area contributed by atoms with Crippen LogP contribution >= 0.6 is 11.6 Å². The molecule has 28 heavy (non-hydrogen) atoms. The van der Waals surface area contributed by atoms with Crippen LogP contribution in [0.25, 0.3) is 10.9 Å². The lowest BCUT2D eigenvalue weighted by molar-refractivity contribution is 0.148. The molecule has 7 heteroatoms. The lowest BCUT2D eigenvalue weighted by Crippen LogP contribution is -2.43. The van der Waals surface area contributed by atoms with Crippen molar-refractivity contribution in [3.8, 4) is 0 Å². The predicted molar refractivity (Wildman–Crippen MR) is 113 cm³/mol. The Morgan fingerprint density at radius 3 is 2.46 bits per heavy atom. The van der Waals surface area contributed by atoms with E-state index >= 15 is 0 Å². The third-order valence-corrected chi connectivity index (χ3v) is 7.45. The lowest BCUT2D eigenvalue weighted by atomic mass is 10.2. The maximum atomic E-state index is 13.5. The van der Waals surface area contributed by atoms with Crippen LogP contribution in [0, 0.1) is 6.92 Å². The predicted octanol–water partition coefficient (Wildman–Crippen LogP) is 3.59. The summed E-state index contributed by atoms with van der Waals surface area (Å²) in [6, 6.07) is 14.5. The molecule has 2 aromatic carbocycles. The van der Waals surface area contributed by atoms with Gasteiger partial charge in [0, 0.05) is 43.8 Å². The highest BCUT2D eigenvalue weighted by atomic mass is 35.5. The van der Waals surface area contributed by atoms with Gasteiger partial charge in [-0.25, -0.2) is 12.4 Å². The quantitative estimate of drug-likeness (QED) is 0.650. The molecule has 0 radical (unpaired) electrons. The average molecular weight is 418 g/mol. The van der Waals surface area contributed by atoms with E-state index in [2.05, 4.69) is 16.8 Å². The number of hydrogen-bond acceptors (Lipinski definition) is 4. The fourth-order valence-electron chi connectivity index (χ4n) is 3.81. The van der Waals surface area contributed by atoms with Crippen molar-refractivity contribution in [3.63, 3.8) is 0 Å². The molecule has 0 amide bonds. The molecule has 1 aliphatic rings. The second-order valence-corrected chi connectivity index (χ2v) is 9.65. The molecule has 0 saturated carbocycles. The fourth-order valence-corrected chi connectivity index (χ4v) is 5.76. The van der Waals surface area contributed by atoms with Crippen LogP contribution in [-0.2, 0) is 16.6 Å². The number of benzene rings is 2. The highest BCUT2D eigenvalue weighted by Gasteiger charge is 2.23. The Hall–Kier alpha value is -1.86. The fraction of sp³-hybridized carbons (Fsp3) is 0.333. The van der Waals surface area contributed by atoms with Gasteiger partial charge in [0.15, 0.2) is 0 Å². The molecule has 0 bridgehead atoms. The minimum atomic E-state index is -3.74. The summed E-state index contributed by atoms with van der Waals surface area (Å²) in [5, 5.41) is 1.25. The molecule has 0 unspecified atom stereocenters. The molecule has 5 nitrogen and oxygen atoms in total. The first-order valence-corrected chi connectivity index (χ1v) is 11.2. The van der Waals surface area contributed by atoms with Gasteiger partial charge < -0.3 is 4.90 Å². The number of piperazine rings is 1. The van der Waals surface area contributed by atoms with Crippen LogP contribution in [0.3, 0.4) is 0 Å². The van der Waals surface area contributed by atoms with Crippen molar-refractivity contribution < 1.29 is 8.42 Å². The molecule has 1 aliphatic heterocycles. The van der Waals surface area contributed by atoms with Crippen LogP contribution < -0.4 is 0 Å². The summed E-state index contributed by atoms with van der Waals surface area (Å²) in [5.41, 5.74) is 2.18. The number of para-hydroxylation sites is 1. The second-order valence-electron chi connectivity index (χ2n) is 7.46. The number of likely N-dealkylation sites (N-methyl/N-ethyl adjacent to an activating group) is 1. The highest BCUT2D eigenvalue weighted by Crippen LogP contribution is 2.30. The first kappa shape index (κ1) is 19.5. The van der Waals surface area contributed by atoms with Crippen LogP contribution in [0.2, 0.25) is 5.02 Å². The minimum Gasteiger partial charge on any atom is -0.304 e. The van der Waals surface area contributed by atoms with Crippen LogP contribution in [0.15, 0.2) is 53.4 Å². The highest BCUT2D eigenvalue weighted by molar-refractivity contribution is 7.90. The van der Waals surface area contributed by atoms with Gasteiger partial charge in [-0.3, -0.25) is 4.90 Å². The van der Waals surface area contributed by atoms with E-state index in [-0.39, 0.29) is 0 Å². The summed E-state index contributed by atoms with van der Waals surface area (Å²) < 4.78 is 28.3. The van der Waals surface area contributed by atoms with Crippen molar-refractivity contribution in [2.45, 2.75) is 18.4 Å². The van der Waals surface area contributed by atoms with Gasteiger partial charge in [-0.15, -0.1) is 0 Å². The number of aryl methyl sites for hydroxylation is 1. The maximum absolute atomic E-state index is 13.5. The van der Waals surface area contributed by atoms with Crippen LogP contribution in [0.4, 0.5) is 0 Å². The van der Waals surface area contributed by atoms with Crippen molar-refractivity contribution >= 4 is 32.5 Å². The number of rotatable bonds is 4. The Bertz CT molecular complexity index is 1120. The third kappa shape index (κ3) is 3.57. The van der Waals surface area contributed by atoms with E-state index in [4.69, 9.17) is 11.6 Å². The summed E-state index contributed by atoms with van der Waals surface area (Å²) in [6.07, 6.45) is 0. The Labute approximate surface area is 171 Å². The second kappa shape index (κ2) is 7.52. The van der Waals surface area contributed by atoms with Gasteiger partial charge in [-0.1, -0.05) is 35.9 Å². The molecule has 1 saturated heterocycles. The van der Waals surface area contributed by atoms with Crippen LogP contribution in [0.5, 0.6) is 0 Å². The van der Waals surface area contributed by atoms with E-state index < -0.39 is 10.0 Å². The Balaban J connectivity index is 1.70. The van der Waals surface area contributed by atoms with E-state index in [1.165, 1.54) is 3.97 Å². The Morgan fingerprint density at radius 1 is 1.00 bits per heavy atom. The maximum Gasteiger partial charge on any atom is 0.268 e. The monoisotopic (exact) mass is 417 g/mol. The van der Waals surface area contributed by atoms with Gasteiger partial charge in [0.25, 0.3) is 10.0 Å². The first-order valence-electron chi connectivity index (χ1n) is 9.38. The number of halogens is 1. The summed E-state index contributed by atoms with van der Waals surface area (Å²) in [6.45, 7) is 6.59. The summed E-state index contributed by atoms with van der Waals surface area (Å²) >= 11 is 6.35. The molecule has 0 aliphatic carbocycles. The Kier molecular flexibility index (Phi) is 5.22. The van der Waals surface area contributed by atoms with Gasteiger partial charge in [0.1, 0.15) is 0 Å². The number of fused-ring (bicyclic) bond motifs is 1. The first-order chi connectivity index (χ1) is 13.4. The molecular formula is C21H24ClN3O2S. The van der Waals surface area contributed by atoms with Crippen LogP contribution in [-0.4, -0.2) is 55.4 Å². The minimum absolute atomic E-state index is 0.291. The zero-order valence-corrected chi connectivity index (χ0v) is 17.7. The van der Waals surface area contributed by atoms with E-state index in [1.54, 1.807) is 25.1 Å². The number of aromatic nitrogens is 1. The van der Waals surface area contributed by atoms with Gasteiger partial charge in [-0.2, -0.15) is 0 Å². The summed E-state index contributed by atoms with van der Waals surface area (Å²) in [4.78, 5) is 4.96. The van der Waals surface area contributed by atoms with Crippen molar-refractivity contribution in [2.24, 2.45) is 0 Å². The SMILES string of the molecule is Cc1cc2cccc(Cl)c2n1S(=O)(=O)c1cccc(CN2CCN(C)CC2)c1. The van der Waals surface area contributed by atoms with Gasteiger partial charge in [-0.05, 0) is 43.8 Å². The zero-order chi connectivity index (χ0) is 19.9. The molecule has 148 valence electrons. The van der Waals surface area contributed by atoms with E-state index in [1.807, 2.05) is 30.3 Å². The molecule has 2 heterocycles. The van der Waals surface area contributed by atoms with Crippen molar-refractivity contribution in [1.29, 1.82) is 0 Å². The van der Waals surface area contributed by atoms with E-state index in [0.717, 1.165) is 43.7 Å². The molecule has 0 spiro atoms. The molecular weight excluding hydrogens is 394 g/mol. The number of hydrogen-bond donors (Lipinski definition) is 0. The van der Waals surface area contributed by atoms with E-state index in [9.17, 15) is 8.42 Å². The molecule has 0 atom stereocenters. The van der Waals surface area contributed by atoms with Crippen molar-refractivity contribution in [3.05, 3.63) is 64.8 Å². The van der Waals surface area contributed by atoms with E-state index in [0.29, 0.717) is 21.1 Å². The molecule has 3 aromatic rings. The van der Waals surface area contributed by atoms with Crippen molar-refractivity contribution in [1.82, 2.24) is 13.8 Å². The molecule has 0 N–H and O–H groups in total. The smallest absolute Gasteiger partial charge is 0.268 e. The molecule has 1 aromatic heterocycles. The zero-order valence-electron chi connectivity index (χ0n) is 16.1. The summed E-state index contributed by atoms with van der Waals surface area (Å²) in [7, 11) is -1.62. The molecule has 4 rings (SSSR count). The topological polar surface area (TPSA) is 45.6 Å². The third-order valence-electron chi connectivity index (χ3n) is 5.34. The van der Waals surface area contributed by atoms with Crippen LogP contribution in [0.1, 0.15) is 11.3 Å².